The van der Waals surface area contributed by atoms with Crippen LogP contribution in [0.4, 0.5) is 0 Å². The highest BCUT2D eigenvalue weighted by molar-refractivity contribution is 7.89. The van der Waals surface area contributed by atoms with Crippen molar-refractivity contribution < 1.29 is 8.42 Å². The van der Waals surface area contributed by atoms with Crippen molar-refractivity contribution in [2.45, 2.75) is 38.5 Å². The van der Waals surface area contributed by atoms with E-state index in [-0.39, 0.29) is 11.4 Å². The predicted molar refractivity (Wildman–Crippen MR) is 122 cm³/mol. The molecule has 0 spiro atoms. The minimum atomic E-state index is -3.58. The van der Waals surface area contributed by atoms with Crippen LogP contribution in [0.3, 0.4) is 0 Å². The van der Waals surface area contributed by atoms with Crippen molar-refractivity contribution in [2.75, 3.05) is 13.1 Å². The van der Waals surface area contributed by atoms with E-state index in [1.54, 1.807) is 30.3 Å². The molecular weight excluding hydrogens is 404 g/mol. The van der Waals surface area contributed by atoms with Gasteiger partial charge in [0, 0.05) is 29.5 Å². The molecule has 156 valence electrons. The van der Waals surface area contributed by atoms with Crippen LogP contribution < -0.4 is 4.72 Å². The lowest BCUT2D eigenvalue weighted by atomic mass is 10.1. The van der Waals surface area contributed by atoms with Crippen LogP contribution in [0.5, 0.6) is 0 Å². The first-order valence-electron chi connectivity index (χ1n) is 9.57. The van der Waals surface area contributed by atoms with E-state index in [1.165, 1.54) is 5.57 Å². The molecule has 0 saturated carbocycles. The summed E-state index contributed by atoms with van der Waals surface area (Å²) in [5.74, 6) is 0. The summed E-state index contributed by atoms with van der Waals surface area (Å²) in [7, 11) is -3.58. The molecule has 0 aromatic heterocycles. The molecule has 0 atom stereocenters. The van der Waals surface area contributed by atoms with E-state index in [4.69, 9.17) is 11.6 Å². The Kier molecular flexibility index (Phi) is 8.08. The molecule has 1 aromatic carbocycles. The molecule has 0 saturated heterocycles. The van der Waals surface area contributed by atoms with Crippen molar-refractivity contribution in [2.24, 2.45) is 0 Å². The van der Waals surface area contributed by atoms with Crippen molar-refractivity contribution in [3.05, 3.63) is 88.8 Å². The van der Waals surface area contributed by atoms with Gasteiger partial charge in [-0.05, 0) is 63.0 Å². The third-order valence-electron chi connectivity index (χ3n) is 4.88. The summed E-state index contributed by atoms with van der Waals surface area (Å²) in [6.07, 6.45) is 7.19. The van der Waals surface area contributed by atoms with Crippen molar-refractivity contribution in [3.8, 4) is 0 Å². The fourth-order valence-corrected chi connectivity index (χ4v) is 4.35. The molecule has 0 unspecified atom stereocenters. The van der Waals surface area contributed by atoms with Gasteiger partial charge in [-0.1, -0.05) is 54.6 Å². The van der Waals surface area contributed by atoms with E-state index in [0.717, 1.165) is 35.4 Å². The average molecular weight is 433 g/mol. The molecule has 2 rings (SSSR count). The SMILES string of the molecule is C=CC(Cl)=CC1=C(C)CCC(=C)C(=CC)N1CCNS(=O)(=O)c1ccc(C)cc1. The first-order chi connectivity index (χ1) is 13.7. The third-order valence-corrected chi connectivity index (χ3v) is 6.63. The number of hydrogen-bond donors (Lipinski definition) is 1. The molecular formula is C23H29ClN2O2S. The zero-order valence-electron chi connectivity index (χ0n) is 17.3. The Labute approximate surface area is 180 Å². The standard InChI is InChI=1S/C23H29ClN2O2S/c1-6-20(24)16-23-19(5)11-10-18(4)22(7-2)26(23)15-14-25-29(27,28)21-12-8-17(3)9-13-21/h6-9,12-13,16,25H,1,4,10-11,14-15H2,2-3,5H3. The molecule has 6 heteroatoms. The number of aryl methyl sites for hydroxylation is 1. The maximum Gasteiger partial charge on any atom is 0.240 e. The molecule has 0 aliphatic carbocycles. The summed E-state index contributed by atoms with van der Waals surface area (Å²) < 4.78 is 27.9. The van der Waals surface area contributed by atoms with Crippen LogP contribution in [0.25, 0.3) is 0 Å². The molecule has 0 amide bonds. The first kappa shape index (κ1) is 23.2. The van der Waals surface area contributed by atoms with Gasteiger partial charge in [0.2, 0.25) is 10.0 Å². The van der Waals surface area contributed by atoms with Gasteiger partial charge in [-0.15, -0.1) is 0 Å². The second kappa shape index (κ2) is 10.1. The number of rotatable bonds is 7. The summed E-state index contributed by atoms with van der Waals surface area (Å²) in [5.41, 5.74) is 5.14. The lowest BCUT2D eigenvalue weighted by molar-refractivity contribution is 0.445. The second-order valence-electron chi connectivity index (χ2n) is 7.04. The molecule has 1 aliphatic heterocycles. The van der Waals surface area contributed by atoms with Crippen molar-refractivity contribution in [1.29, 1.82) is 0 Å². The van der Waals surface area contributed by atoms with E-state index < -0.39 is 10.0 Å². The Balaban J connectivity index is 2.27. The summed E-state index contributed by atoms with van der Waals surface area (Å²) in [5, 5.41) is 0.535. The number of benzene rings is 1. The van der Waals surface area contributed by atoms with Gasteiger partial charge in [0.25, 0.3) is 0 Å². The van der Waals surface area contributed by atoms with Gasteiger partial charge in [-0.3, -0.25) is 0 Å². The molecule has 1 aromatic rings. The summed E-state index contributed by atoms with van der Waals surface area (Å²) >= 11 is 6.24. The van der Waals surface area contributed by atoms with Crippen molar-refractivity contribution >= 4 is 21.6 Å². The maximum atomic E-state index is 12.6. The lowest BCUT2D eigenvalue weighted by Gasteiger charge is -2.29. The van der Waals surface area contributed by atoms with Crippen LogP contribution in [0.2, 0.25) is 0 Å². The monoisotopic (exact) mass is 432 g/mol. The molecule has 0 radical (unpaired) electrons. The molecule has 0 bridgehead atoms. The number of halogens is 1. The van der Waals surface area contributed by atoms with Gasteiger partial charge < -0.3 is 4.90 Å². The predicted octanol–water partition coefficient (Wildman–Crippen LogP) is 5.41. The van der Waals surface area contributed by atoms with Gasteiger partial charge in [0.05, 0.1) is 4.90 Å². The fraction of sp³-hybridized carbons (Fsp3) is 0.304. The Bertz CT molecular complexity index is 971. The lowest BCUT2D eigenvalue weighted by Crippen LogP contribution is -2.34. The van der Waals surface area contributed by atoms with Crippen LogP contribution in [0.1, 0.15) is 32.3 Å². The second-order valence-corrected chi connectivity index (χ2v) is 9.24. The van der Waals surface area contributed by atoms with Gasteiger partial charge in [0.1, 0.15) is 0 Å². The smallest absolute Gasteiger partial charge is 0.240 e. The first-order valence-corrected chi connectivity index (χ1v) is 11.4. The van der Waals surface area contributed by atoms with Crippen LogP contribution in [-0.2, 0) is 10.0 Å². The molecule has 1 aliphatic rings. The molecule has 1 heterocycles. The number of sulfonamides is 1. The number of nitrogens with one attached hydrogen (secondary N) is 1. The summed E-state index contributed by atoms with van der Waals surface area (Å²) in [6.45, 7) is 14.6. The van der Waals surface area contributed by atoms with Gasteiger partial charge in [-0.25, -0.2) is 13.1 Å². The van der Waals surface area contributed by atoms with Gasteiger partial charge >= 0.3 is 0 Å². The van der Waals surface area contributed by atoms with Crippen LogP contribution in [-0.4, -0.2) is 26.4 Å². The van der Waals surface area contributed by atoms with Crippen molar-refractivity contribution in [1.82, 2.24) is 9.62 Å². The average Bonchev–Trinajstić information content (AvgIpc) is 2.79. The van der Waals surface area contributed by atoms with Gasteiger partial charge in [-0.2, -0.15) is 0 Å². The Morgan fingerprint density at radius 3 is 2.48 bits per heavy atom. The van der Waals surface area contributed by atoms with E-state index in [1.807, 2.05) is 26.0 Å². The van der Waals surface area contributed by atoms with E-state index in [0.29, 0.717) is 11.6 Å². The van der Waals surface area contributed by atoms with E-state index in [9.17, 15) is 8.42 Å². The highest BCUT2D eigenvalue weighted by Crippen LogP contribution is 2.32. The Morgan fingerprint density at radius 2 is 1.90 bits per heavy atom. The van der Waals surface area contributed by atoms with Crippen LogP contribution in [0, 0.1) is 6.92 Å². The maximum absolute atomic E-state index is 12.6. The van der Waals surface area contributed by atoms with E-state index in [2.05, 4.69) is 29.7 Å². The molecule has 0 fully saturated rings. The fourth-order valence-electron chi connectivity index (χ4n) is 3.23. The zero-order valence-corrected chi connectivity index (χ0v) is 18.9. The quantitative estimate of drug-likeness (QED) is 0.586. The number of hydrogen-bond acceptors (Lipinski definition) is 3. The molecule has 1 N–H and O–H groups in total. The summed E-state index contributed by atoms with van der Waals surface area (Å²) in [6, 6.07) is 6.81. The third kappa shape index (κ3) is 5.95. The number of nitrogens with zero attached hydrogens (tertiary/aromatic N) is 1. The largest absolute Gasteiger partial charge is 0.340 e. The van der Waals surface area contributed by atoms with E-state index >= 15 is 0 Å². The summed E-state index contributed by atoms with van der Waals surface area (Å²) in [4.78, 5) is 2.34. The highest BCUT2D eigenvalue weighted by Gasteiger charge is 2.22. The van der Waals surface area contributed by atoms with Crippen LogP contribution >= 0.6 is 11.6 Å². The zero-order chi connectivity index (χ0) is 21.6. The van der Waals surface area contributed by atoms with Crippen molar-refractivity contribution in [3.63, 3.8) is 0 Å². The molecule has 29 heavy (non-hydrogen) atoms. The normalized spacial score (nSPS) is 17.7. The minimum Gasteiger partial charge on any atom is -0.340 e. The Morgan fingerprint density at radius 1 is 1.24 bits per heavy atom. The number of allylic oxidation sites excluding steroid dienone is 6. The Hall–Kier alpha value is -2.08. The molecule has 4 nitrogen and oxygen atoms in total. The van der Waals surface area contributed by atoms with Crippen LogP contribution in [0.15, 0.2) is 88.1 Å². The van der Waals surface area contributed by atoms with Gasteiger partial charge in [0.15, 0.2) is 0 Å². The minimum absolute atomic E-state index is 0.247. The highest BCUT2D eigenvalue weighted by atomic mass is 35.5. The topological polar surface area (TPSA) is 49.4 Å².